The third-order valence-corrected chi connectivity index (χ3v) is 2.02. The molecule has 0 aliphatic carbocycles. The average molecular weight is 286 g/mol. The van der Waals surface area contributed by atoms with E-state index in [-0.39, 0.29) is 23.0 Å². The third kappa shape index (κ3) is 4.57. The molecular weight excluding hydrogens is 270 g/mol. The molecule has 0 aliphatic heterocycles. The Balaban J connectivity index is 0.00000225. The standard InChI is InChI=1S/C12H16NO2.BrH/c1-3-11(12(14)15-4-2)10-13-8-6-5-7-9-13;/h3,5-9H,4,10H2,1-2H3;1H/q+1;/p-1/b11-3+;. The molecule has 1 aromatic heterocycles. The largest absolute Gasteiger partial charge is 1.00 e. The Labute approximate surface area is 107 Å². The SMILES string of the molecule is C/C=C(\C[n+]1ccccc1)C(=O)OCC.[Br-]. The summed E-state index contributed by atoms with van der Waals surface area (Å²) in [5, 5.41) is 0. The fraction of sp³-hybridized carbons (Fsp3) is 0.333. The zero-order chi connectivity index (χ0) is 11.1. The van der Waals surface area contributed by atoms with Crippen molar-refractivity contribution in [2.45, 2.75) is 20.4 Å². The molecule has 3 nitrogen and oxygen atoms in total. The maximum absolute atomic E-state index is 11.5. The Morgan fingerprint density at radius 2 is 1.94 bits per heavy atom. The molecule has 16 heavy (non-hydrogen) atoms. The van der Waals surface area contributed by atoms with Gasteiger partial charge >= 0.3 is 5.97 Å². The van der Waals surface area contributed by atoms with Crippen molar-refractivity contribution in [3.8, 4) is 0 Å². The lowest BCUT2D eigenvalue weighted by atomic mass is 10.2. The van der Waals surface area contributed by atoms with Crippen LogP contribution in [0.1, 0.15) is 13.8 Å². The van der Waals surface area contributed by atoms with Crippen LogP contribution in [0.4, 0.5) is 0 Å². The van der Waals surface area contributed by atoms with Gasteiger partial charge in [-0.25, -0.2) is 9.36 Å². The molecule has 0 fully saturated rings. The van der Waals surface area contributed by atoms with Crippen LogP contribution in [0.2, 0.25) is 0 Å². The van der Waals surface area contributed by atoms with Crippen LogP contribution in [-0.4, -0.2) is 12.6 Å². The van der Waals surface area contributed by atoms with E-state index in [0.29, 0.717) is 18.7 Å². The van der Waals surface area contributed by atoms with Gasteiger partial charge in [0.05, 0.1) is 12.2 Å². The quantitative estimate of drug-likeness (QED) is 0.383. The van der Waals surface area contributed by atoms with E-state index < -0.39 is 0 Å². The predicted molar refractivity (Wildman–Crippen MR) is 57.0 cm³/mol. The monoisotopic (exact) mass is 285 g/mol. The number of hydrogen-bond donors (Lipinski definition) is 0. The highest BCUT2D eigenvalue weighted by molar-refractivity contribution is 5.87. The molecule has 1 aromatic rings. The van der Waals surface area contributed by atoms with E-state index in [1.807, 2.05) is 42.1 Å². The molecule has 0 saturated carbocycles. The van der Waals surface area contributed by atoms with Crippen LogP contribution in [0.5, 0.6) is 0 Å². The minimum absolute atomic E-state index is 0. The molecule has 88 valence electrons. The molecule has 0 unspecified atom stereocenters. The Kier molecular flexibility index (Phi) is 7.46. The molecule has 0 spiro atoms. The van der Waals surface area contributed by atoms with Gasteiger partial charge < -0.3 is 21.7 Å². The van der Waals surface area contributed by atoms with E-state index in [9.17, 15) is 4.79 Å². The summed E-state index contributed by atoms with van der Waals surface area (Å²) in [4.78, 5) is 11.5. The van der Waals surface area contributed by atoms with Crippen LogP contribution >= 0.6 is 0 Å². The van der Waals surface area contributed by atoms with Crippen LogP contribution in [0.3, 0.4) is 0 Å². The van der Waals surface area contributed by atoms with Crippen LogP contribution in [0.15, 0.2) is 42.2 Å². The lowest BCUT2D eigenvalue weighted by Gasteiger charge is -2.02. The number of esters is 1. The zero-order valence-electron chi connectivity index (χ0n) is 9.52. The fourth-order valence-electron chi connectivity index (χ4n) is 1.23. The smallest absolute Gasteiger partial charge is 0.340 e. The van der Waals surface area contributed by atoms with Crippen LogP contribution in [0, 0.1) is 0 Å². The molecule has 0 N–H and O–H groups in total. The minimum Gasteiger partial charge on any atom is -1.00 e. The van der Waals surface area contributed by atoms with Crippen molar-refractivity contribution >= 4 is 5.97 Å². The molecule has 1 heterocycles. The number of hydrogen-bond acceptors (Lipinski definition) is 2. The van der Waals surface area contributed by atoms with Crippen LogP contribution in [0.25, 0.3) is 0 Å². The van der Waals surface area contributed by atoms with E-state index >= 15 is 0 Å². The van der Waals surface area contributed by atoms with Gasteiger partial charge in [-0.1, -0.05) is 12.1 Å². The maximum Gasteiger partial charge on any atom is 0.340 e. The average Bonchev–Trinajstić information content (AvgIpc) is 2.27. The van der Waals surface area contributed by atoms with Gasteiger partial charge in [-0.15, -0.1) is 0 Å². The molecule has 0 amide bonds. The number of ether oxygens (including phenoxy) is 1. The van der Waals surface area contributed by atoms with Crippen molar-refractivity contribution in [3.05, 3.63) is 42.2 Å². The summed E-state index contributed by atoms with van der Waals surface area (Å²) in [5.41, 5.74) is 0.674. The van der Waals surface area contributed by atoms with E-state index in [4.69, 9.17) is 4.74 Å². The van der Waals surface area contributed by atoms with Crippen molar-refractivity contribution in [2.75, 3.05) is 6.61 Å². The number of carbonyl (C=O) groups excluding carboxylic acids is 1. The van der Waals surface area contributed by atoms with E-state index in [0.717, 1.165) is 0 Å². The Bertz CT molecular complexity index is 349. The summed E-state index contributed by atoms with van der Waals surface area (Å²) in [5.74, 6) is -0.239. The topological polar surface area (TPSA) is 30.2 Å². The number of pyridine rings is 1. The molecule has 0 atom stereocenters. The van der Waals surface area contributed by atoms with Crippen LogP contribution < -0.4 is 21.5 Å². The van der Waals surface area contributed by atoms with Gasteiger partial charge in [-0.3, -0.25) is 0 Å². The maximum atomic E-state index is 11.5. The van der Waals surface area contributed by atoms with E-state index in [1.54, 1.807) is 13.0 Å². The molecule has 0 radical (unpaired) electrons. The summed E-state index contributed by atoms with van der Waals surface area (Å²) < 4.78 is 6.88. The Morgan fingerprint density at radius 3 is 2.44 bits per heavy atom. The number of halogens is 1. The molecule has 0 saturated heterocycles. The lowest BCUT2D eigenvalue weighted by Crippen LogP contribution is -3.00. The van der Waals surface area contributed by atoms with Gasteiger partial charge in [-0.2, -0.15) is 0 Å². The molecule has 0 aromatic carbocycles. The number of allylic oxidation sites excluding steroid dienone is 1. The second-order valence-corrected chi connectivity index (χ2v) is 3.08. The summed E-state index contributed by atoms with van der Waals surface area (Å²) in [6.45, 7) is 4.61. The first-order valence-corrected chi connectivity index (χ1v) is 5.04. The lowest BCUT2D eigenvalue weighted by molar-refractivity contribution is -0.688. The highest BCUT2D eigenvalue weighted by Gasteiger charge is 2.13. The van der Waals surface area contributed by atoms with Gasteiger partial charge in [0.15, 0.2) is 18.9 Å². The third-order valence-electron chi connectivity index (χ3n) is 2.02. The molecular formula is C12H16BrNO2. The summed E-state index contributed by atoms with van der Waals surface area (Å²) in [6, 6.07) is 5.80. The van der Waals surface area contributed by atoms with Crippen molar-refractivity contribution in [1.29, 1.82) is 0 Å². The van der Waals surface area contributed by atoms with Crippen LogP contribution in [-0.2, 0) is 16.1 Å². The first-order chi connectivity index (χ1) is 7.27. The number of nitrogens with zero attached hydrogens (tertiary/aromatic N) is 1. The number of carbonyl (C=O) groups is 1. The highest BCUT2D eigenvalue weighted by Crippen LogP contribution is 1.98. The Hall–Kier alpha value is -1.16. The van der Waals surface area contributed by atoms with E-state index in [2.05, 4.69) is 0 Å². The molecule has 0 aliphatic rings. The van der Waals surface area contributed by atoms with Crippen molar-refractivity contribution < 1.29 is 31.1 Å². The predicted octanol–water partition coefficient (Wildman–Crippen LogP) is -1.51. The minimum atomic E-state index is -0.239. The molecule has 1 rings (SSSR count). The second kappa shape index (κ2) is 8.05. The summed E-state index contributed by atoms with van der Waals surface area (Å²) >= 11 is 0. The highest BCUT2D eigenvalue weighted by atomic mass is 79.9. The summed E-state index contributed by atoms with van der Waals surface area (Å²) in [7, 11) is 0. The number of rotatable bonds is 4. The van der Waals surface area contributed by atoms with Gasteiger partial charge in [-0.05, 0) is 13.8 Å². The zero-order valence-corrected chi connectivity index (χ0v) is 11.1. The van der Waals surface area contributed by atoms with Gasteiger partial charge in [0.25, 0.3) is 0 Å². The van der Waals surface area contributed by atoms with Crippen molar-refractivity contribution in [2.24, 2.45) is 0 Å². The first-order valence-electron chi connectivity index (χ1n) is 5.04. The normalized spacial score (nSPS) is 10.5. The van der Waals surface area contributed by atoms with Crippen molar-refractivity contribution in [1.82, 2.24) is 0 Å². The van der Waals surface area contributed by atoms with Crippen molar-refractivity contribution in [3.63, 3.8) is 0 Å². The van der Waals surface area contributed by atoms with E-state index in [1.165, 1.54) is 0 Å². The first kappa shape index (κ1) is 14.8. The van der Waals surface area contributed by atoms with Gasteiger partial charge in [0, 0.05) is 12.1 Å². The molecule has 0 bridgehead atoms. The van der Waals surface area contributed by atoms with Gasteiger partial charge in [0.2, 0.25) is 0 Å². The number of aromatic nitrogens is 1. The Morgan fingerprint density at radius 1 is 1.31 bits per heavy atom. The fourth-order valence-corrected chi connectivity index (χ4v) is 1.23. The second-order valence-electron chi connectivity index (χ2n) is 3.08. The molecule has 4 heteroatoms. The van der Waals surface area contributed by atoms with Gasteiger partial charge in [0.1, 0.15) is 0 Å². The summed E-state index contributed by atoms with van der Waals surface area (Å²) in [6.07, 6.45) is 5.63.